The first-order valence-electron chi connectivity index (χ1n) is 6.13. The van der Waals surface area contributed by atoms with Crippen molar-refractivity contribution in [1.82, 2.24) is 9.97 Å². The Kier molecular flexibility index (Phi) is 3.37. The van der Waals surface area contributed by atoms with E-state index in [4.69, 9.17) is 17.3 Å². The maximum atomic E-state index is 5.99. The van der Waals surface area contributed by atoms with E-state index < -0.39 is 0 Å². The largest absolute Gasteiger partial charge is 0.355 e. The summed E-state index contributed by atoms with van der Waals surface area (Å²) in [6, 6.07) is 1.99. The molecule has 3 rings (SSSR count). The van der Waals surface area contributed by atoms with Gasteiger partial charge >= 0.3 is 0 Å². The van der Waals surface area contributed by atoms with Crippen LogP contribution in [-0.4, -0.2) is 29.6 Å². The molecule has 0 bridgehead atoms. The summed E-state index contributed by atoms with van der Waals surface area (Å²) in [5, 5.41) is 2.36. The topological polar surface area (TPSA) is 55.0 Å². The minimum atomic E-state index is 0.330. The van der Waals surface area contributed by atoms with E-state index in [9.17, 15) is 0 Å². The van der Waals surface area contributed by atoms with Crippen LogP contribution in [0.4, 0.5) is 5.82 Å². The fourth-order valence-electron chi connectivity index (χ4n) is 2.42. The summed E-state index contributed by atoms with van der Waals surface area (Å²) in [6.45, 7) is 2.79. The quantitative estimate of drug-likeness (QED) is 0.860. The molecule has 1 saturated heterocycles. The predicted octanol–water partition coefficient (Wildman–Crippen LogP) is 2.52. The van der Waals surface area contributed by atoms with Crippen molar-refractivity contribution in [3.63, 3.8) is 0 Å². The number of hydrogen-bond acceptors (Lipinski definition) is 5. The summed E-state index contributed by atoms with van der Waals surface area (Å²) < 4.78 is 1.13. The Morgan fingerprint density at radius 1 is 1.39 bits per heavy atom. The molecule has 0 atom stereocenters. The molecule has 0 amide bonds. The fraction of sp³-hybridized carbons (Fsp3) is 0.500. The summed E-state index contributed by atoms with van der Waals surface area (Å²) >= 11 is 7.66. The number of halogens is 1. The smallest absolute Gasteiger partial charge is 0.224 e. The Hall–Kier alpha value is -0.910. The molecule has 0 aliphatic carbocycles. The molecule has 0 aromatic carbocycles. The molecule has 2 N–H and O–H groups in total. The first-order chi connectivity index (χ1) is 8.78. The zero-order valence-electron chi connectivity index (χ0n) is 9.97. The lowest BCUT2D eigenvalue weighted by Crippen LogP contribution is -2.36. The highest BCUT2D eigenvalue weighted by Crippen LogP contribution is 2.32. The third-order valence-electron chi connectivity index (χ3n) is 3.51. The number of rotatable bonds is 2. The number of thiophene rings is 1. The highest BCUT2D eigenvalue weighted by atomic mass is 35.5. The van der Waals surface area contributed by atoms with Crippen LogP contribution in [-0.2, 0) is 0 Å². The van der Waals surface area contributed by atoms with Gasteiger partial charge in [0.05, 0.1) is 10.2 Å². The number of piperidine rings is 1. The maximum Gasteiger partial charge on any atom is 0.224 e. The molecule has 1 fully saturated rings. The number of hydrogen-bond donors (Lipinski definition) is 1. The monoisotopic (exact) mass is 282 g/mol. The van der Waals surface area contributed by atoms with Crippen LogP contribution in [0.1, 0.15) is 12.8 Å². The Morgan fingerprint density at radius 2 is 2.17 bits per heavy atom. The highest BCUT2D eigenvalue weighted by Gasteiger charge is 2.21. The van der Waals surface area contributed by atoms with Gasteiger partial charge in [-0.05, 0) is 48.4 Å². The number of nitrogens with zero attached hydrogens (tertiary/aromatic N) is 3. The number of anilines is 1. The van der Waals surface area contributed by atoms with Crippen LogP contribution in [0, 0.1) is 5.92 Å². The lowest BCUT2D eigenvalue weighted by Gasteiger charge is -2.32. The molecule has 0 spiro atoms. The van der Waals surface area contributed by atoms with E-state index in [0.717, 1.165) is 48.5 Å². The minimum absolute atomic E-state index is 0.330. The summed E-state index contributed by atoms with van der Waals surface area (Å²) in [7, 11) is 0. The standard InChI is InChI=1S/C12H15ClN4S/c13-12-15-9-3-6-18-10(9)11(16-12)17-4-1-8(7-14)2-5-17/h3,6,8H,1-2,4-5,7,14H2. The van der Waals surface area contributed by atoms with Gasteiger partial charge in [0.2, 0.25) is 5.28 Å². The van der Waals surface area contributed by atoms with Crippen molar-refractivity contribution in [2.75, 3.05) is 24.5 Å². The molecule has 3 heterocycles. The lowest BCUT2D eigenvalue weighted by molar-refractivity contribution is 0.413. The van der Waals surface area contributed by atoms with Crippen LogP contribution in [0.2, 0.25) is 5.28 Å². The SMILES string of the molecule is NCC1CCN(c2nc(Cl)nc3ccsc23)CC1. The van der Waals surface area contributed by atoms with Crippen LogP contribution in [0.5, 0.6) is 0 Å². The van der Waals surface area contributed by atoms with Crippen LogP contribution < -0.4 is 10.6 Å². The van der Waals surface area contributed by atoms with Crippen molar-refractivity contribution >= 4 is 39.0 Å². The van der Waals surface area contributed by atoms with Gasteiger partial charge in [-0.25, -0.2) is 4.98 Å². The average Bonchev–Trinajstić information content (AvgIpc) is 2.86. The van der Waals surface area contributed by atoms with E-state index in [1.54, 1.807) is 11.3 Å². The molecule has 1 aliphatic rings. The van der Waals surface area contributed by atoms with Crippen LogP contribution in [0.25, 0.3) is 10.2 Å². The van der Waals surface area contributed by atoms with Crippen LogP contribution >= 0.6 is 22.9 Å². The first-order valence-corrected chi connectivity index (χ1v) is 7.39. The summed E-state index contributed by atoms with van der Waals surface area (Å²) in [4.78, 5) is 11.0. The van der Waals surface area contributed by atoms with E-state index in [-0.39, 0.29) is 0 Å². The Bertz CT molecular complexity index is 548. The van der Waals surface area contributed by atoms with Crippen LogP contribution in [0.3, 0.4) is 0 Å². The molecule has 0 radical (unpaired) electrons. The summed E-state index contributed by atoms with van der Waals surface area (Å²) in [5.41, 5.74) is 6.66. The van der Waals surface area contributed by atoms with Crippen LogP contribution in [0.15, 0.2) is 11.4 Å². The molecule has 2 aromatic heterocycles. The highest BCUT2D eigenvalue weighted by molar-refractivity contribution is 7.17. The second-order valence-electron chi connectivity index (χ2n) is 4.62. The summed E-state index contributed by atoms with van der Waals surface area (Å²) in [6.07, 6.45) is 2.26. The Morgan fingerprint density at radius 3 is 2.89 bits per heavy atom. The zero-order valence-corrected chi connectivity index (χ0v) is 11.5. The third kappa shape index (κ3) is 2.18. The van der Waals surface area contributed by atoms with E-state index >= 15 is 0 Å². The van der Waals surface area contributed by atoms with Crippen molar-refractivity contribution in [3.8, 4) is 0 Å². The molecule has 0 unspecified atom stereocenters. The van der Waals surface area contributed by atoms with Gasteiger partial charge in [-0.1, -0.05) is 0 Å². The van der Waals surface area contributed by atoms with Gasteiger partial charge in [0.1, 0.15) is 0 Å². The number of fused-ring (bicyclic) bond motifs is 1. The van der Waals surface area contributed by atoms with Gasteiger partial charge in [0.25, 0.3) is 0 Å². The molecule has 6 heteroatoms. The van der Waals surface area contributed by atoms with E-state index in [0.29, 0.717) is 11.2 Å². The normalized spacial score (nSPS) is 17.6. The molecular formula is C12H15ClN4S. The third-order valence-corrected chi connectivity index (χ3v) is 4.57. The van der Waals surface area contributed by atoms with Gasteiger partial charge < -0.3 is 10.6 Å². The molecule has 2 aromatic rings. The van der Waals surface area contributed by atoms with E-state index in [2.05, 4.69) is 14.9 Å². The van der Waals surface area contributed by atoms with Gasteiger partial charge in [-0.3, -0.25) is 0 Å². The van der Waals surface area contributed by atoms with Gasteiger partial charge in [0.15, 0.2) is 5.82 Å². The van der Waals surface area contributed by atoms with E-state index in [1.807, 2.05) is 11.4 Å². The average molecular weight is 283 g/mol. The Balaban J connectivity index is 1.92. The molecule has 18 heavy (non-hydrogen) atoms. The van der Waals surface area contributed by atoms with Crippen molar-refractivity contribution in [3.05, 3.63) is 16.7 Å². The van der Waals surface area contributed by atoms with Crippen molar-refractivity contribution in [1.29, 1.82) is 0 Å². The second-order valence-corrected chi connectivity index (χ2v) is 5.87. The Labute approximate surface area is 115 Å². The maximum absolute atomic E-state index is 5.99. The number of nitrogens with two attached hydrogens (primary N) is 1. The number of aromatic nitrogens is 2. The summed E-state index contributed by atoms with van der Waals surface area (Å²) in [5.74, 6) is 1.63. The van der Waals surface area contributed by atoms with E-state index in [1.165, 1.54) is 0 Å². The van der Waals surface area contributed by atoms with Gasteiger partial charge in [-0.2, -0.15) is 4.98 Å². The molecule has 4 nitrogen and oxygen atoms in total. The van der Waals surface area contributed by atoms with Gasteiger partial charge in [0, 0.05) is 13.1 Å². The lowest BCUT2D eigenvalue weighted by atomic mass is 9.97. The van der Waals surface area contributed by atoms with Crippen molar-refractivity contribution in [2.45, 2.75) is 12.8 Å². The van der Waals surface area contributed by atoms with Crippen molar-refractivity contribution < 1.29 is 0 Å². The molecule has 96 valence electrons. The molecule has 1 aliphatic heterocycles. The molecular weight excluding hydrogens is 268 g/mol. The first kappa shape index (κ1) is 12.1. The second kappa shape index (κ2) is 4.99. The molecule has 0 saturated carbocycles. The predicted molar refractivity (Wildman–Crippen MR) is 76.4 cm³/mol. The minimum Gasteiger partial charge on any atom is -0.355 e. The fourth-order valence-corrected chi connectivity index (χ4v) is 3.43. The van der Waals surface area contributed by atoms with Gasteiger partial charge in [-0.15, -0.1) is 11.3 Å². The zero-order chi connectivity index (χ0) is 12.5. The van der Waals surface area contributed by atoms with Crippen molar-refractivity contribution in [2.24, 2.45) is 11.7 Å².